The van der Waals surface area contributed by atoms with Crippen LogP contribution in [0.2, 0.25) is 0 Å². The zero-order valence-electron chi connectivity index (χ0n) is 5.36. The SMILES string of the molecule is NC(C[C@H](N)C=O)C(=O)O. The fraction of sp³-hybridized carbons (Fsp3) is 0.600. The number of carboxylic acids is 1. The highest BCUT2D eigenvalue weighted by molar-refractivity contribution is 5.74. The van der Waals surface area contributed by atoms with Gasteiger partial charge in [-0.05, 0) is 6.42 Å². The van der Waals surface area contributed by atoms with Crippen molar-refractivity contribution in [1.29, 1.82) is 0 Å². The van der Waals surface area contributed by atoms with Crippen molar-refractivity contribution in [1.82, 2.24) is 0 Å². The minimum atomic E-state index is -1.14. The molecule has 0 spiro atoms. The fourth-order valence-corrected chi connectivity index (χ4v) is 0.450. The summed E-state index contributed by atoms with van der Waals surface area (Å²) in [6.07, 6.45) is 0.460. The Kier molecular flexibility index (Phi) is 3.60. The first-order chi connectivity index (χ1) is 4.57. The summed E-state index contributed by atoms with van der Waals surface area (Å²) in [6, 6.07) is -1.81. The molecule has 5 heteroatoms. The molecular weight excluding hydrogens is 136 g/mol. The van der Waals surface area contributed by atoms with Crippen LogP contribution in [0.3, 0.4) is 0 Å². The third-order valence-electron chi connectivity index (χ3n) is 1.02. The molecule has 0 heterocycles. The summed E-state index contributed by atoms with van der Waals surface area (Å²) in [5, 5.41) is 8.23. The molecule has 0 bridgehead atoms. The van der Waals surface area contributed by atoms with E-state index >= 15 is 0 Å². The van der Waals surface area contributed by atoms with E-state index in [1.165, 1.54) is 0 Å². The van der Waals surface area contributed by atoms with E-state index in [2.05, 4.69) is 0 Å². The van der Waals surface area contributed by atoms with Crippen molar-refractivity contribution >= 4 is 12.3 Å². The number of carbonyl (C=O) groups excluding carboxylic acids is 1. The van der Waals surface area contributed by atoms with Crippen molar-refractivity contribution in [3.63, 3.8) is 0 Å². The van der Waals surface area contributed by atoms with Crippen LogP contribution < -0.4 is 11.5 Å². The summed E-state index contributed by atoms with van der Waals surface area (Å²) >= 11 is 0. The Hall–Kier alpha value is -0.940. The van der Waals surface area contributed by atoms with E-state index in [1.807, 2.05) is 0 Å². The number of hydrogen-bond acceptors (Lipinski definition) is 4. The van der Waals surface area contributed by atoms with Crippen LogP contribution >= 0.6 is 0 Å². The molecule has 0 aromatic heterocycles. The van der Waals surface area contributed by atoms with E-state index in [0.717, 1.165) is 0 Å². The van der Waals surface area contributed by atoms with E-state index in [1.54, 1.807) is 0 Å². The van der Waals surface area contributed by atoms with Gasteiger partial charge in [0.25, 0.3) is 0 Å². The topological polar surface area (TPSA) is 106 Å². The first kappa shape index (κ1) is 9.06. The normalized spacial score (nSPS) is 15.8. The average Bonchev–Trinajstić information content (AvgIpc) is 1.87. The number of carboxylic acid groups (broad SMARTS) is 1. The molecule has 0 rings (SSSR count). The number of carbonyl (C=O) groups is 2. The quantitative estimate of drug-likeness (QED) is 0.410. The van der Waals surface area contributed by atoms with Gasteiger partial charge in [0.05, 0.1) is 6.04 Å². The second kappa shape index (κ2) is 3.97. The van der Waals surface area contributed by atoms with Crippen LogP contribution in [0.15, 0.2) is 0 Å². The van der Waals surface area contributed by atoms with Gasteiger partial charge in [0.1, 0.15) is 12.3 Å². The lowest BCUT2D eigenvalue weighted by molar-refractivity contribution is -0.138. The second-order valence-corrected chi connectivity index (χ2v) is 1.98. The van der Waals surface area contributed by atoms with Gasteiger partial charge in [-0.25, -0.2) is 0 Å². The molecule has 58 valence electrons. The number of nitrogens with two attached hydrogens (primary N) is 2. The van der Waals surface area contributed by atoms with E-state index in [4.69, 9.17) is 16.6 Å². The van der Waals surface area contributed by atoms with Gasteiger partial charge in [0.2, 0.25) is 0 Å². The summed E-state index contributed by atoms with van der Waals surface area (Å²) in [4.78, 5) is 19.9. The Morgan fingerprint density at radius 1 is 1.60 bits per heavy atom. The molecule has 0 amide bonds. The van der Waals surface area contributed by atoms with Crippen LogP contribution in [0.5, 0.6) is 0 Å². The average molecular weight is 146 g/mol. The van der Waals surface area contributed by atoms with Crippen molar-refractivity contribution < 1.29 is 14.7 Å². The van der Waals surface area contributed by atoms with Gasteiger partial charge >= 0.3 is 5.97 Å². The Bertz CT molecular complexity index is 137. The highest BCUT2D eigenvalue weighted by Crippen LogP contribution is 1.89. The van der Waals surface area contributed by atoms with E-state index < -0.39 is 18.1 Å². The van der Waals surface area contributed by atoms with Gasteiger partial charge in [0, 0.05) is 0 Å². The van der Waals surface area contributed by atoms with Gasteiger partial charge < -0.3 is 21.4 Å². The van der Waals surface area contributed by atoms with Gasteiger partial charge in [-0.1, -0.05) is 0 Å². The predicted octanol–water partition coefficient (Wildman–Crippen LogP) is -1.69. The van der Waals surface area contributed by atoms with Gasteiger partial charge in [-0.2, -0.15) is 0 Å². The van der Waals surface area contributed by atoms with Crippen LogP contribution in [0, 0.1) is 0 Å². The lowest BCUT2D eigenvalue weighted by Gasteiger charge is -2.06. The fourth-order valence-electron chi connectivity index (χ4n) is 0.450. The Morgan fingerprint density at radius 2 is 2.10 bits per heavy atom. The van der Waals surface area contributed by atoms with Gasteiger partial charge in [-0.15, -0.1) is 0 Å². The van der Waals surface area contributed by atoms with Crippen molar-refractivity contribution in [2.75, 3.05) is 0 Å². The first-order valence-corrected chi connectivity index (χ1v) is 2.77. The summed E-state index contributed by atoms with van der Waals surface area (Å²) < 4.78 is 0. The second-order valence-electron chi connectivity index (χ2n) is 1.98. The van der Waals surface area contributed by atoms with Crippen molar-refractivity contribution in [3.05, 3.63) is 0 Å². The molecule has 0 aliphatic carbocycles. The predicted molar refractivity (Wildman–Crippen MR) is 34.3 cm³/mol. The minimum absolute atomic E-state index is 0.0150. The van der Waals surface area contributed by atoms with Gasteiger partial charge in [-0.3, -0.25) is 4.79 Å². The molecule has 0 aromatic carbocycles. The lowest BCUT2D eigenvalue weighted by Crippen LogP contribution is -2.37. The minimum Gasteiger partial charge on any atom is -0.480 e. The number of hydrogen-bond donors (Lipinski definition) is 3. The maximum absolute atomic E-state index is 10.1. The van der Waals surface area contributed by atoms with Crippen LogP contribution in [0.1, 0.15) is 6.42 Å². The smallest absolute Gasteiger partial charge is 0.320 e. The molecule has 0 saturated heterocycles. The number of aliphatic carboxylic acids is 1. The standard InChI is InChI=1S/C5H10N2O3/c6-3(2-8)1-4(7)5(9)10/h2-4H,1,6-7H2,(H,9,10)/t3-,4?/m0/s1. The van der Waals surface area contributed by atoms with Crippen molar-refractivity contribution in [3.8, 4) is 0 Å². The maximum atomic E-state index is 10.1. The molecule has 5 N–H and O–H groups in total. The molecular formula is C5H10N2O3. The Balaban J connectivity index is 3.67. The Morgan fingerprint density at radius 3 is 2.40 bits per heavy atom. The maximum Gasteiger partial charge on any atom is 0.320 e. The summed E-state index contributed by atoms with van der Waals surface area (Å²) in [7, 11) is 0. The molecule has 0 fully saturated rings. The molecule has 0 aromatic rings. The number of rotatable bonds is 4. The lowest BCUT2D eigenvalue weighted by atomic mass is 10.1. The van der Waals surface area contributed by atoms with Crippen molar-refractivity contribution in [2.45, 2.75) is 18.5 Å². The number of aldehydes is 1. The summed E-state index contributed by atoms with van der Waals surface area (Å²) in [6.45, 7) is 0. The van der Waals surface area contributed by atoms with Crippen LogP contribution in [-0.2, 0) is 9.59 Å². The molecule has 5 nitrogen and oxygen atoms in total. The molecule has 10 heavy (non-hydrogen) atoms. The molecule has 2 atom stereocenters. The zero-order valence-corrected chi connectivity index (χ0v) is 5.36. The highest BCUT2D eigenvalue weighted by Gasteiger charge is 2.14. The third kappa shape index (κ3) is 3.16. The highest BCUT2D eigenvalue weighted by atomic mass is 16.4. The van der Waals surface area contributed by atoms with E-state index in [0.29, 0.717) is 6.29 Å². The monoisotopic (exact) mass is 146 g/mol. The van der Waals surface area contributed by atoms with Gasteiger partial charge in [0.15, 0.2) is 0 Å². The zero-order chi connectivity index (χ0) is 8.15. The third-order valence-corrected chi connectivity index (χ3v) is 1.02. The van der Waals surface area contributed by atoms with Crippen LogP contribution in [-0.4, -0.2) is 29.4 Å². The Labute approximate surface area is 58.0 Å². The van der Waals surface area contributed by atoms with E-state index in [-0.39, 0.29) is 6.42 Å². The molecule has 1 unspecified atom stereocenters. The molecule has 0 aliphatic heterocycles. The molecule has 0 aliphatic rings. The largest absolute Gasteiger partial charge is 0.480 e. The van der Waals surface area contributed by atoms with Crippen LogP contribution in [0.25, 0.3) is 0 Å². The van der Waals surface area contributed by atoms with E-state index in [9.17, 15) is 9.59 Å². The molecule has 0 radical (unpaired) electrons. The summed E-state index contributed by atoms with van der Waals surface area (Å²) in [5.74, 6) is -1.14. The van der Waals surface area contributed by atoms with Crippen molar-refractivity contribution in [2.24, 2.45) is 11.5 Å². The van der Waals surface area contributed by atoms with Crippen LogP contribution in [0.4, 0.5) is 0 Å². The first-order valence-electron chi connectivity index (χ1n) is 2.77. The summed E-state index contributed by atoms with van der Waals surface area (Å²) in [5.41, 5.74) is 10.2. The molecule has 0 saturated carbocycles.